The lowest BCUT2D eigenvalue weighted by molar-refractivity contribution is 0.357. The first kappa shape index (κ1) is 17.4. The van der Waals surface area contributed by atoms with Crippen molar-refractivity contribution in [1.29, 1.82) is 0 Å². The highest BCUT2D eigenvalue weighted by molar-refractivity contribution is 14.0. The standard InChI is InChI=1S/C17H25N3O.HI/c1-2-18-17(20-10-3-4-11-20)19-9-7-14-5-6-16-15(13-14)8-12-21-16;/h5-6,13H,2-4,7-12H2,1H3,(H,18,19);1H. The summed E-state index contributed by atoms with van der Waals surface area (Å²) in [5.74, 6) is 2.15. The van der Waals surface area contributed by atoms with Crippen LogP contribution in [0.1, 0.15) is 30.9 Å². The number of guanidine groups is 1. The fourth-order valence-electron chi connectivity index (χ4n) is 3.04. The Kier molecular flexibility index (Phi) is 6.79. The number of likely N-dealkylation sites (tertiary alicyclic amines) is 1. The molecule has 0 unspecified atom stereocenters. The van der Waals surface area contributed by atoms with Gasteiger partial charge >= 0.3 is 0 Å². The van der Waals surface area contributed by atoms with Crippen LogP contribution in [0, 0.1) is 0 Å². The molecule has 0 radical (unpaired) electrons. The van der Waals surface area contributed by atoms with Crippen molar-refractivity contribution in [3.05, 3.63) is 29.3 Å². The molecule has 22 heavy (non-hydrogen) atoms. The topological polar surface area (TPSA) is 36.9 Å². The molecule has 1 N–H and O–H groups in total. The number of fused-ring (bicyclic) bond motifs is 1. The molecule has 0 aliphatic carbocycles. The number of nitrogens with one attached hydrogen (secondary N) is 1. The van der Waals surface area contributed by atoms with Gasteiger partial charge in [-0.25, -0.2) is 0 Å². The summed E-state index contributed by atoms with van der Waals surface area (Å²) < 4.78 is 5.55. The Morgan fingerprint density at radius 1 is 1.32 bits per heavy atom. The fourth-order valence-corrected chi connectivity index (χ4v) is 3.04. The quantitative estimate of drug-likeness (QED) is 0.467. The molecule has 122 valence electrons. The number of hydrogen-bond acceptors (Lipinski definition) is 2. The summed E-state index contributed by atoms with van der Waals surface area (Å²) in [6, 6.07) is 6.55. The first-order valence-electron chi connectivity index (χ1n) is 8.14. The highest BCUT2D eigenvalue weighted by Crippen LogP contribution is 2.25. The van der Waals surface area contributed by atoms with Gasteiger partial charge in [-0.2, -0.15) is 0 Å². The minimum Gasteiger partial charge on any atom is -0.493 e. The summed E-state index contributed by atoms with van der Waals surface area (Å²) in [5, 5.41) is 3.41. The van der Waals surface area contributed by atoms with E-state index in [1.165, 1.54) is 24.0 Å². The fraction of sp³-hybridized carbons (Fsp3) is 0.588. The second kappa shape index (κ2) is 8.60. The lowest BCUT2D eigenvalue weighted by atomic mass is 10.1. The Hall–Kier alpha value is -0.980. The van der Waals surface area contributed by atoms with E-state index < -0.39 is 0 Å². The average molecular weight is 415 g/mol. The average Bonchev–Trinajstić information content (AvgIpc) is 3.17. The normalized spacial score (nSPS) is 17.0. The van der Waals surface area contributed by atoms with Crippen LogP contribution >= 0.6 is 24.0 Å². The van der Waals surface area contributed by atoms with Crippen molar-refractivity contribution < 1.29 is 4.74 Å². The number of nitrogens with zero attached hydrogens (tertiary/aromatic N) is 2. The first-order chi connectivity index (χ1) is 10.4. The lowest BCUT2D eigenvalue weighted by Gasteiger charge is -2.20. The SMILES string of the molecule is CCNC(=NCCc1ccc2c(c1)CCO2)N1CCCC1.I. The van der Waals surface area contributed by atoms with Crippen molar-refractivity contribution in [2.75, 3.05) is 32.8 Å². The van der Waals surface area contributed by atoms with E-state index in [4.69, 9.17) is 9.73 Å². The molecule has 2 aliphatic rings. The van der Waals surface area contributed by atoms with Crippen LogP contribution in [0.25, 0.3) is 0 Å². The van der Waals surface area contributed by atoms with Gasteiger partial charge in [0.1, 0.15) is 5.75 Å². The number of benzene rings is 1. The van der Waals surface area contributed by atoms with Gasteiger partial charge in [0.15, 0.2) is 5.96 Å². The van der Waals surface area contributed by atoms with E-state index in [0.717, 1.165) is 57.3 Å². The van der Waals surface area contributed by atoms with E-state index in [1.807, 2.05) is 0 Å². The Bertz CT molecular complexity index is 513. The Morgan fingerprint density at radius 2 is 2.14 bits per heavy atom. The number of hydrogen-bond donors (Lipinski definition) is 1. The van der Waals surface area contributed by atoms with Crippen molar-refractivity contribution in [3.8, 4) is 5.75 Å². The molecule has 1 aromatic rings. The number of aliphatic imine (C=N–C) groups is 1. The molecule has 2 aliphatic heterocycles. The molecule has 2 heterocycles. The zero-order valence-electron chi connectivity index (χ0n) is 13.3. The molecule has 0 bridgehead atoms. The summed E-state index contributed by atoms with van der Waals surface area (Å²) in [6.45, 7) is 7.02. The van der Waals surface area contributed by atoms with Gasteiger partial charge in [-0.3, -0.25) is 4.99 Å². The second-order valence-corrected chi connectivity index (χ2v) is 5.72. The predicted octanol–water partition coefficient (Wildman–Crippen LogP) is 2.84. The van der Waals surface area contributed by atoms with Gasteiger partial charge < -0.3 is 15.0 Å². The summed E-state index contributed by atoms with van der Waals surface area (Å²) in [5.41, 5.74) is 2.71. The molecule has 1 fully saturated rings. The predicted molar refractivity (Wildman–Crippen MR) is 102 cm³/mol. The summed E-state index contributed by atoms with van der Waals surface area (Å²) in [7, 11) is 0. The summed E-state index contributed by atoms with van der Waals surface area (Å²) in [4.78, 5) is 7.16. The van der Waals surface area contributed by atoms with Crippen LogP contribution < -0.4 is 10.1 Å². The Morgan fingerprint density at radius 3 is 2.91 bits per heavy atom. The van der Waals surface area contributed by atoms with Crippen LogP contribution in [0.15, 0.2) is 23.2 Å². The molecule has 1 aromatic carbocycles. The summed E-state index contributed by atoms with van der Waals surface area (Å²) in [6.07, 6.45) is 4.61. The van der Waals surface area contributed by atoms with Crippen LogP contribution in [0.2, 0.25) is 0 Å². The third kappa shape index (κ3) is 4.27. The molecular weight excluding hydrogens is 389 g/mol. The Balaban J connectivity index is 0.00000176. The maximum Gasteiger partial charge on any atom is 0.193 e. The summed E-state index contributed by atoms with van der Waals surface area (Å²) >= 11 is 0. The maximum atomic E-state index is 5.55. The monoisotopic (exact) mass is 415 g/mol. The van der Waals surface area contributed by atoms with E-state index in [2.05, 4.69) is 35.3 Å². The molecule has 4 nitrogen and oxygen atoms in total. The van der Waals surface area contributed by atoms with Gasteiger partial charge in [-0.1, -0.05) is 12.1 Å². The van der Waals surface area contributed by atoms with Gasteiger partial charge in [-0.15, -0.1) is 24.0 Å². The van der Waals surface area contributed by atoms with Crippen molar-refractivity contribution in [2.24, 2.45) is 4.99 Å². The lowest BCUT2D eigenvalue weighted by Crippen LogP contribution is -2.39. The number of halogens is 1. The van der Waals surface area contributed by atoms with E-state index >= 15 is 0 Å². The molecule has 0 atom stereocenters. The third-order valence-electron chi connectivity index (χ3n) is 4.16. The smallest absolute Gasteiger partial charge is 0.193 e. The highest BCUT2D eigenvalue weighted by Gasteiger charge is 2.15. The van der Waals surface area contributed by atoms with E-state index in [1.54, 1.807) is 0 Å². The van der Waals surface area contributed by atoms with Crippen LogP contribution in [-0.2, 0) is 12.8 Å². The third-order valence-corrected chi connectivity index (χ3v) is 4.16. The van der Waals surface area contributed by atoms with E-state index in [-0.39, 0.29) is 24.0 Å². The van der Waals surface area contributed by atoms with Gasteiger partial charge in [0.2, 0.25) is 0 Å². The zero-order valence-corrected chi connectivity index (χ0v) is 15.6. The van der Waals surface area contributed by atoms with Crippen LogP contribution in [-0.4, -0.2) is 43.6 Å². The zero-order chi connectivity index (χ0) is 14.5. The van der Waals surface area contributed by atoms with Gasteiger partial charge in [0.05, 0.1) is 6.61 Å². The maximum absolute atomic E-state index is 5.55. The van der Waals surface area contributed by atoms with E-state index in [0.29, 0.717) is 0 Å². The molecule has 0 spiro atoms. The molecular formula is C17H26IN3O. The Labute approximate surface area is 150 Å². The van der Waals surface area contributed by atoms with Crippen LogP contribution in [0.5, 0.6) is 5.75 Å². The second-order valence-electron chi connectivity index (χ2n) is 5.72. The van der Waals surface area contributed by atoms with Crippen LogP contribution in [0.4, 0.5) is 0 Å². The number of ether oxygens (including phenoxy) is 1. The first-order valence-corrected chi connectivity index (χ1v) is 8.14. The molecule has 0 amide bonds. The van der Waals surface area contributed by atoms with Crippen molar-refractivity contribution in [2.45, 2.75) is 32.6 Å². The minimum absolute atomic E-state index is 0. The highest BCUT2D eigenvalue weighted by atomic mass is 127. The number of rotatable bonds is 4. The minimum atomic E-state index is 0. The van der Waals surface area contributed by atoms with Crippen molar-refractivity contribution in [1.82, 2.24) is 10.2 Å². The molecule has 0 aromatic heterocycles. The molecule has 3 rings (SSSR count). The van der Waals surface area contributed by atoms with E-state index in [9.17, 15) is 0 Å². The largest absolute Gasteiger partial charge is 0.493 e. The van der Waals surface area contributed by atoms with Gasteiger partial charge in [0.25, 0.3) is 0 Å². The van der Waals surface area contributed by atoms with Gasteiger partial charge in [0, 0.05) is 32.6 Å². The van der Waals surface area contributed by atoms with Crippen molar-refractivity contribution >= 4 is 29.9 Å². The molecule has 1 saturated heterocycles. The molecule has 0 saturated carbocycles. The van der Waals surface area contributed by atoms with Crippen molar-refractivity contribution in [3.63, 3.8) is 0 Å². The van der Waals surface area contributed by atoms with Gasteiger partial charge in [-0.05, 0) is 43.4 Å². The van der Waals surface area contributed by atoms with Crippen LogP contribution in [0.3, 0.4) is 0 Å². The molecule has 5 heteroatoms.